The molecular formula is C24H26ClN3O3. The summed E-state index contributed by atoms with van der Waals surface area (Å²) >= 11 is 6.05. The maximum absolute atomic E-state index is 13.8. The lowest BCUT2D eigenvalue weighted by atomic mass is 9.94. The van der Waals surface area contributed by atoms with Crippen molar-refractivity contribution < 1.29 is 14.3 Å². The minimum atomic E-state index is -0.914. The van der Waals surface area contributed by atoms with Gasteiger partial charge >= 0.3 is 0 Å². The van der Waals surface area contributed by atoms with Crippen LogP contribution in [-0.2, 0) is 9.59 Å². The molecule has 1 fully saturated rings. The number of benzene rings is 2. The van der Waals surface area contributed by atoms with Crippen LogP contribution in [0.2, 0.25) is 5.02 Å². The first-order valence-corrected chi connectivity index (χ1v) is 11.0. The van der Waals surface area contributed by atoms with E-state index in [2.05, 4.69) is 0 Å². The Labute approximate surface area is 187 Å². The molecule has 31 heavy (non-hydrogen) atoms. The summed E-state index contributed by atoms with van der Waals surface area (Å²) in [5.41, 5.74) is 6.80. The third kappa shape index (κ3) is 4.04. The van der Waals surface area contributed by atoms with E-state index >= 15 is 0 Å². The fraction of sp³-hybridized carbons (Fsp3) is 0.375. The van der Waals surface area contributed by atoms with Crippen molar-refractivity contribution >= 4 is 29.1 Å². The summed E-state index contributed by atoms with van der Waals surface area (Å²) in [6.07, 6.45) is 5.45. The molecule has 4 rings (SSSR count). The van der Waals surface area contributed by atoms with Gasteiger partial charge in [0.25, 0.3) is 5.91 Å². The van der Waals surface area contributed by atoms with Gasteiger partial charge in [-0.15, -0.1) is 0 Å². The number of hydrogen-bond acceptors (Lipinski definition) is 4. The van der Waals surface area contributed by atoms with Crippen molar-refractivity contribution in [3.63, 3.8) is 0 Å². The molecule has 2 aliphatic rings. The van der Waals surface area contributed by atoms with E-state index in [4.69, 9.17) is 27.1 Å². The monoisotopic (exact) mass is 439 g/mol. The number of nitrogens with two attached hydrogens (primary N) is 1. The number of aliphatic imine (C=N–C) groups is 1. The molecule has 0 saturated heterocycles. The molecule has 1 atom stereocenters. The highest BCUT2D eigenvalue weighted by Crippen LogP contribution is 2.43. The summed E-state index contributed by atoms with van der Waals surface area (Å²) < 4.78 is 5.24. The molecular weight excluding hydrogens is 414 g/mol. The van der Waals surface area contributed by atoms with E-state index in [0.29, 0.717) is 40.5 Å². The van der Waals surface area contributed by atoms with Gasteiger partial charge < -0.3 is 10.5 Å². The largest absolute Gasteiger partial charge is 0.497 e. The quantitative estimate of drug-likeness (QED) is 0.755. The average molecular weight is 440 g/mol. The van der Waals surface area contributed by atoms with Crippen molar-refractivity contribution in [2.75, 3.05) is 7.11 Å². The van der Waals surface area contributed by atoms with Crippen LogP contribution in [0.3, 0.4) is 0 Å². The Bertz CT molecular complexity index is 994. The lowest BCUT2D eigenvalue weighted by molar-refractivity contribution is -0.140. The predicted octanol–water partition coefficient (Wildman–Crippen LogP) is 4.26. The van der Waals surface area contributed by atoms with Crippen LogP contribution < -0.4 is 10.5 Å². The molecule has 1 aliphatic carbocycles. The third-order valence-corrected chi connectivity index (χ3v) is 6.42. The standard InChI is InChI=1S/C24H26ClN3O3/c1-31-19-12-8-16(9-13-19)20-23(30)28(24(27-20)14-4-2-3-5-15-24)21(22(26)29)17-6-10-18(25)11-7-17/h6-13,21H,2-5,14-15H2,1H3,(H2,26,29). The minimum Gasteiger partial charge on any atom is -0.497 e. The second-order valence-corrected chi connectivity index (χ2v) is 8.55. The fourth-order valence-electron chi connectivity index (χ4n) is 4.64. The van der Waals surface area contributed by atoms with Crippen LogP contribution in [0.4, 0.5) is 0 Å². The van der Waals surface area contributed by atoms with Gasteiger partial charge in [-0.25, -0.2) is 0 Å². The SMILES string of the molecule is COc1ccc(C2=NC3(CCCCCC3)N(C(C(N)=O)c3ccc(Cl)cc3)C2=O)cc1. The summed E-state index contributed by atoms with van der Waals surface area (Å²) in [4.78, 5) is 33.1. The molecule has 0 bridgehead atoms. The molecule has 2 aromatic rings. The summed E-state index contributed by atoms with van der Waals surface area (Å²) in [6.45, 7) is 0. The Morgan fingerprint density at radius 1 is 1.06 bits per heavy atom. The molecule has 6 nitrogen and oxygen atoms in total. The predicted molar refractivity (Wildman–Crippen MR) is 120 cm³/mol. The molecule has 2 aromatic carbocycles. The van der Waals surface area contributed by atoms with Crippen LogP contribution in [0.5, 0.6) is 5.75 Å². The zero-order valence-electron chi connectivity index (χ0n) is 17.5. The number of nitrogens with zero attached hydrogens (tertiary/aromatic N) is 2. The first-order chi connectivity index (χ1) is 14.9. The molecule has 162 valence electrons. The lowest BCUT2D eigenvalue weighted by Gasteiger charge is -2.40. The summed E-state index contributed by atoms with van der Waals surface area (Å²) in [7, 11) is 1.60. The van der Waals surface area contributed by atoms with Crippen molar-refractivity contribution in [3.8, 4) is 5.75 Å². The molecule has 7 heteroatoms. The molecule has 1 spiro atoms. The van der Waals surface area contributed by atoms with E-state index in [9.17, 15) is 9.59 Å². The highest BCUT2D eigenvalue weighted by atomic mass is 35.5. The maximum atomic E-state index is 13.8. The maximum Gasteiger partial charge on any atom is 0.275 e. The summed E-state index contributed by atoms with van der Waals surface area (Å²) in [5, 5.41) is 0.555. The van der Waals surface area contributed by atoms with Gasteiger partial charge in [-0.05, 0) is 67.6 Å². The van der Waals surface area contributed by atoms with E-state index in [-0.39, 0.29) is 5.91 Å². The number of hydrogen-bond donors (Lipinski definition) is 1. The molecule has 1 unspecified atom stereocenters. The van der Waals surface area contributed by atoms with Crippen LogP contribution >= 0.6 is 11.6 Å². The second kappa shape index (κ2) is 8.71. The zero-order valence-corrected chi connectivity index (χ0v) is 18.3. The van der Waals surface area contributed by atoms with Gasteiger partial charge in [-0.3, -0.25) is 19.5 Å². The first kappa shape index (κ1) is 21.4. The smallest absolute Gasteiger partial charge is 0.275 e. The molecule has 2 amide bonds. The highest BCUT2D eigenvalue weighted by molar-refractivity contribution is 6.47. The van der Waals surface area contributed by atoms with Crippen LogP contribution in [0.15, 0.2) is 53.5 Å². The summed E-state index contributed by atoms with van der Waals surface area (Å²) in [6, 6.07) is 13.3. The number of amides is 2. The Balaban J connectivity index is 1.81. The Morgan fingerprint density at radius 2 is 1.68 bits per heavy atom. The number of methoxy groups -OCH3 is 1. The Kier molecular flexibility index (Phi) is 6.01. The third-order valence-electron chi connectivity index (χ3n) is 6.17. The van der Waals surface area contributed by atoms with Crippen LogP contribution in [0, 0.1) is 0 Å². The van der Waals surface area contributed by atoms with Gasteiger partial charge in [0, 0.05) is 10.6 Å². The van der Waals surface area contributed by atoms with E-state index in [1.54, 1.807) is 48.4 Å². The molecule has 0 radical (unpaired) electrons. The van der Waals surface area contributed by atoms with Crippen LogP contribution in [0.1, 0.15) is 55.7 Å². The zero-order chi connectivity index (χ0) is 22.0. The molecule has 0 aromatic heterocycles. The van der Waals surface area contributed by atoms with E-state index in [1.807, 2.05) is 12.1 Å². The van der Waals surface area contributed by atoms with E-state index in [1.165, 1.54) is 0 Å². The van der Waals surface area contributed by atoms with Gasteiger partial charge in [0.2, 0.25) is 5.91 Å². The Morgan fingerprint density at radius 3 is 2.23 bits per heavy atom. The van der Waals surface area contributed by atoms with Crippen LogP contribution in [0.25, 0.3) is 0 Å². The number of rotatable bonds is 5. The normalized spacial score (nSPS) is 19.1. The number of carbonyl (C=O) groups excluding carboxylic acids is 2. The number of carbonyl (C=O) groups is 2. The van der Waals surface area contributed by atoms with Crippen molar-refractivity contribution in [2.24, 2.45) is 10.7 Å². The molecule has 2 N–H and O–H groups in total. The van der Waals surface area contributed by atoms with Gasteiger partial charge in [0.05, 0.1) is 7.11 Å². The minimum absolute atomic E-state index is 0.272. The van der Waals surface area contributed by atoms with Crippen molar-refractivity contribution in [2.45, 2.75) is 50.2 Å². The van der Waals surface area contributed by atoms with Gasteiger partial charge in [-0.2, -0.15) is 0 Å². The fourth-order valence-corrected chi connectivity index (χ4v) is 4.77. The molecule has 1 heterocycles. The second-order valence-electron chi connectivity index (χ2n) is 8.12. The van der Waals surface area contributed by atoms with Crippen molar-refractivity contribution in [3.05, 3.63) is 64.7 Å². The van der Waals surface area contributed by atoms with Crippen LogP contribution in [-0.4, -0.2) is 35.2 Å². The number of ether oxygens (including phenoxy) is 1. The number of primary amides is 1. The van der Waals surface area contributed by atoms with E-state index < -0.39 is 17.6 Å². The van der Waals surface area contributed by atoms with Crippen molar-refractivity contribution in [1.82, 2.24) is 4.90 Å². The van der Waals surface area contributed by atoms with E-state index in [0.717, 1.165) is 25.7 Å². The van der Waals surface area contributed by atoms with Gasteiger partial charge in [-0.1, -0.05) is 36.6 Å². The molecule has 1 saturated carbocycles. The molecule has 1 aliphatic heterocycles. The van der Waals surface area contributed by atoms with Gasteiger partial charge in [0.15, 0.2) is 0 Å². The summed E-state index contributed by atoms with van der Waals surface area (Å²) in [5.74, 6) is -0.150. The average Bonchev–Trinajstić information content (AvgIpc) is 2.91. The van der Waals surface area contributed by atoms with Gasteiger partial charge in [0.1, 0.15) is 23.2 Å². The Hall–Kier alpha value is -2.86. The van der Waals surface area contributed by atoms with Crippen molar-refractivity contribution in [1.29, 1.82) is 0 Å². The highest BCUT2D eigenvalue weighted by Gasteiger charge is 2.51. The number of halogens is 1. The first-order valence-electron chi connectivity index (χ1n) is 10.6. The topological polar surface area (TPSA) is 85.0 Å². The lowest BCUT2D eigenvalue weighted by Crippen LogP contribution is -2.52.